The van der Waals surface area contributed by atoms with Gasteiger partial charge in [-0.25, -0.2) is 22.4 Å². The highest BCUT2D eigenvalue weighted by atomic mass is 79.9. The van der Waals surface area contributed by atoms with Crippen LogP contribution in [0.3, 0.4) is 0 Å². The predicted molar refractivity (Wildman–Crippen MR) is 258 cm³/mol. The molecule has 4 aromatic heterocycles. The number of fused-ring (bicyclic) bond motifs is 2. The molecule has 0 saturated carbocycles. The summed E-state index contributed by atoms with van der Waals surface area (Å²) in [5, 5.41) is 50.3. The van der Waals surface area contributed by atoms with Crippen LogP contribution in [0.1, 0.15) is 77.0 Å². The van der Waals surface area contributed by atoms with Crippen molar-refractivity contribution in [2.75, 3.05) is 13.1 Å². The molecule has 1 amide bonds. The number of benzene rings is 2. The average molecular weight is 1090 g/mol. The molecule has 2 unspecified atom stereocenters. The number of aliphatic hydroxyl groups is 2. The van der Waals surface area contributed by atoms with Crippen molar-refractivity contribution in [2.24, 2.45) is 5.73 Å². The topological polar surface area (TPSA) is 186 Å². The zero-order valence-electron chi connectivity index (χ0n) is 37.1. The first-order valence-corrected chi connectivity index (χ1v) is 25.1. The van der Waals surface area contributed by atoms with Gasteiger partial charge in [0, 0.05) is 72.1 Å². The van der Waals surface area contributed by atoms with E-state index in [2.05, 4.69) is 80.3 Å². The van der Waals surface area contributed by atoms with E-state index >= 15 is 0 Å². The van der Waals surface area contributed by atoms with Crippen LogP contribution in [0, 0.1) is 23.3 Å². The molecule has 0 fully saturated rings. The number of aliphatic hydroxyl groups excluding tert-OH is 2. The molecule has 6 atom stereocenters. The number of nitrogens with one attached hydrogen (secondary N) is 5. The summed E-state index contributed by atoms with van der Waals surface area (Å²) >= 11 is 10.4. The first kappa shape index (κ1) is 50.9. The van der Waals surface area contributed by atoms with Gasteiger partial charge in [-0.2, -0.15) is 10.2 Å². The second kappa shape index (κ2) is 21.8. The number of alkyl carbamates (subject to hydrolysis) is 1. The molecule has 9 N–H and O–H groups in total. The zero-order valence-corrected chi connectivity index (χ0v) is 41.9. The lowest BCUT2D eigenvalue weighted by molar-refractivity contribution is 0.0411. The third-order valence-electron chi connectivity index (χ3n) is 12.0. The highest BCUT2D eigenvalue weighted by Crippen LogP contribution is 2.41. The number of carbonyl (C=O) groups excluding carboxylic acids is 1. The smallest absolute Gasteiger partial charge is 0.407 e. The summed E-state index contributed by atoms with van der Waals surface area (Å²) in [6.45, 7) is 5.59. The fraction of sp³-hybridized carbons (Fsp3) is 0.426. The minimum absolute atomic E-state index is 0.0141. The van der Waals surface area contributed by atoms with Crippen LogP contribution < -0.4 is 21.7 Å². The van der Waals surface area contributed by atoms with Gasteiger partial charge in [0.15, 0.2) is 0 Å². The lowest BCUT2D eigenvalue weighted by Gasteiger charge is -2.39. The third kappa shape index (κ3) is 13.4. The van der Waals surface area contributed by atoms with Crippen LogP contribution in [-0.2, 0) is 54.3 Å². The molecule has 2 aliphatic rings. The number of H-pyrrole nitrogens is 2. The number of amides is 1. The van der Waals surface area contributed by atoms with E-state index in [4.69, 9.17) is 10.5 Å². The van der Waals surface area contributed by atoms with E-state index < -0.39 is 64.8 Å². The number of ether oxygens (including phenoxy) is 1. The number of aromatic nitrogens is 4. The molecule has 0 bridgehead atoms. The largest absolute Gasteiger partial charge is 0.444 e. The van der Waals surface area contributed by atoms with E-state index in [1.54, 1.807) is 43.4 Å². The van der Waals surface area contributed by atoms with Crippen LogP contribution >= 0.6 is 54.5 Å². The fourth-order valence-electron chi connectivity index (χ4n) is 8.70. The first-order valence-electron chi connectivity index (χ1n) is 21.8. The SMILES string of the molecule is CC(C)(C)OC(=O)N[C@@H](Cc1cc(F)cc(F)c1)[C@H](O)CNC1(c2cc(Br)cs2)CCc2[nH]ncc2C1.N[C@@H](Cc1cc(F)cc(F)c1)[C@H](O)CNC1(c2cc(Br)cs2)CCc2[nH]ncc2C1. The van der Waals surface area contributed by atoms with Crippen LogP contribution in [0.5, 0.6) is 0 Å². The first-order chi connectivity index (χ1) is 31.8. The molecule has 67 heavy (non-hydrogen) atoms. The van der Waals surface area contributed by atoms with Gasteiger partial charge in [0.05, 0.1) is 41.7 Å². The van der Waals surface area contributed by atoms with Crippen molar-refractivity contribution in [3.63, 3.8) is 0 Å². The van der Waals surface area contributed by atoms with Gasteiger partial charge in [-0.15, -0.1) is 22.7 Å². The van der Waals surface area contributed by atoms with Crippen molar-refractivity contribution < 1.29 is 37.3 Å². The Labute approximate surface area is 411 Å². The van der Waals surface area contributed by atoms with Crippen LogP contribution in [0.15, 0.2) is 80.6 Å². The molecule has 0 saturated heterocycles. The summed E-state index contributed by atoms with van der Waals surface area (Å²) < 4.78 is 62.0. The van der Waals surface area contributed by atoms with Crippen molar-refractivity contribution >= 4 is 60.6 Å². The van der Waals surface area contributed by atoms with Crippen molar-refractivity contribution in [3.8, 4) is 0 Å². The molecule has 2 aromatic carbocycles. The highest BCUT2D eigenvalue weighted by molar-refractivity contribution is 9.10. The van der Waals surface area contributed by atoms with Gasteiger partial charge < -0.3 is 36.6 Å². The molecule has 8 rings (SSSR count). The quantitative estimate of drug-likeness (QED) is 0.0468. The Balaban J connectivity index is 0.000000203. The van der Waals surface area contributed by atoms with E-state index in [0.717, 1.165) is 80.6 Å². The molecular weight excluding hydrogens is 1040 g/mol. The van der Waals surface area contributed by atoms with Gasteiger partial charge >= 0.3 is 6.09 Å². The maximum absolute atomic E-state index is 13.9. The molecular formula is C47H54Br2F4N8O4S2. The number of hydrogen-bond donors (Lipinski definition) is 8. The van der Waals surface area contributed by atoms with Crippen molar-refractivity contribution in [2.45, 2.75) is 113 Å². The summed E-state index contributed by atoms with van der Waals surface area (Å²) in [7, 11) is 0. The molecule has 0 aliphatic heterocycles. The minimum Gasteiger partial charge on any atom is -0.444 e. The van der Waals surface area contributed by atoms with Crippen molar-refractivity contribution in [1.82, 2.24) is 36.3 Å². The van der Waals surface area contributed by atoms with Gasteiger partial charge in [0.2, 0.25) is 0 Å². The molecule has 0 spiro atoms. The zero-order chi connectivity index (χ0) is 48.1. The standard InChI is InChI=1S/C26H31BrF2N4O3S.C21H23BrF2N4OS/c1-25(2,3)36-24(35)32-21(8-15-6-18(28)10-19(29)7-15)22(34)13-30-26(23-9-17(27)14-37-23)5-4-20-16(11-26)12-31-33-20;22-14-6-20(30-11-14)21(2-1-18-13(8-21)9-27-28-18)26-10-19(29)17(25)5-12-3-15(23)7-16(24)4-12/h6-7,9-10,12,14,21-22,30,34H,4-5,8,11,13H2,1-3H3,(H,31,33)(H,32,35);3-4,6-7,9,11,17,19,26,29H,1-2,5,8,10,25H2,(H,27,28)/t21-,22+,26?;17-,19+,21?/m00/s1. The molecule has 4 heterocycles. The summed E-state index contributed by atoms with van der Waals surface area (Å²) in [6, 6.07) is 9.15. The molecule has 360 valence electrons. The van der Waals surface area contributed by atoms with Crippen LogP contribution in [0.4, 0.5) is 22.4 Å². The fourth-order valence-corrected chi connectivity index (χ4v) is 12.0. The van der Waals surface area contributed by atoms with E-state index in [9.17, 15) is 32.6 Å². The number of rotatable bonds is 15. The predicted octanol–water partition coefficient (Wildman–Crippen LogP) is 8.40. The Bertz CT molecular complexity index is 2580. The normalized spacial score (nSPS) is 19.9. The van der Waals surface area contributed by atoms with Gasteiger partial charge in [0.1, 0.15) is 28.9 Å². The maximum atomic E-state index is 13.9. The number of aryl methyl sites for hydroxylation is 2. The van der Waals surface area contributed by atoms with E-state index in [-0.39, 0.29) is 31.5 Å². The van der Waals surface area contributed by atoms with Gasteiger partial charge in [-0.05, 0) is 163 Å². The Hall–Kier alpha value is -3.99. The van der Waals surface area contributed by atoms with Crippen LogP contribution in [-0.4, -0.2) is 79.7 Å². The lowest BCUT2D eigenvalue weighted by atomic mass is 9.79. The second-order valence-corrected chi connectivity index (χ2v) is 22.0. The number of thiophene rings is 2. The number of halogens is 6. The molecule has 6 aromatic rings. The number of aromatic amines is 2. The summed E-state index contributed by atoms with van der Waals surface area (Å²) in [5.41, 5.74) is 9.89. The Kier molecular flexibility index (Phi) is 16.5. The van der Waals surface area contributed by atoms with Crippen LogP contribution in [0.25, 0.3) is 0 Å². The molecule has 0 radical (unpaired) electrons. The van der Waals surface area contributed by atoms with E-state index in [0.29, 0.717) is 17.5 Å². The second-order valence-electron chi connectivity index (χ2n) is 18.3. The van der Waals surface area contributed by atoms with Gasteiger partial charge in [-0.1, -0.05) is 0 Å². The molecule has 2 aliphatic carbocycles. The van der Waals surface area contributed by atoms with Gasteiger partial charge in [-0.3, -0.25) is 10.2 Å². The van der Waals surface area contributed by atoms with E-state index in [1.807, 2.05) is 23.2 Å². The minimum atomic E-state index is -1.08. The van der Waals surface area contributed by atoms with Crippen molar-refractivity contribution in [3.05, 3.63) is 147 Å². The highest BCUT2D eigenvalue weighted by Gasteiger charge is 2.40. The van der Waals surface area contributed by atoms with Crippen LogP contribution in [0.2, 0.25) is 0 Å². The monoisotopic (exact) mass is 1090 g/mol. The number of carbonyl (C=O) groups is 1. The molecule has 12 nitrogen and oxygen atoms in total. The Morgan fingerprint density at radius 2 is 1.21 bits per heavy atom. The summed E-state index contributed by atoms with van der Waals surface area (Å²) in [6.07, 6.45) is 5.91. The summed E-state index contributed by atoms with van der Waals surface area (Å²) in [4.78, 5) is 14.9. The summed E-state index contributed by atoms with van der Waals surface area (Å²) in [5.74, 6) is -2.74. The average Bonchev–Trinajstić information content (AvgIpc) is 4.09. The number of nitrogens with two attached hydrogens (primary N) is 1. The Morgan fingerprint density at radius 3 is 1.64 bits per heavy atom. The maximum Gasteiger partial charge on any atom is 0.407 e. The van der Waals surface area contributed by atoms with E-state index in [1.165, 1.54) is 29.1 Å². The van der Waals surface area contributed by atoms with Crippen molar-refractivity contribution in [1.29, 1.82) is 0 Å². The number of hydrogen-bond acceptors (Lipinski definition) is 11. The third-order valence-corrected chi connectivity index (χ3v) is 15.8. The lowest BCUT2D eigenvalue weighted by Crippen LogP contribution is -2.54. The number of nitrogens with zero attached hydrogens (tertiary/aromatic N) is 2. The molecule has 20 heteroatoms. The Morgan fingerprint density at radius 1 is 0.761 bits per heavy atom. The van der Waals surface area contributed by atoms with Gasteiger partial charge in [0.25, 0.3) is 0 Å².